The minimum absolute atomic E-state index is 0.286. The maximum atomic E-state index is 11.2. The number of nitrogens with zero attached hydrogens (tertiary/aromatic N) is 1. The molecule has 0 aromatic rings. The molecule has 1 amide bonds. The van der Waals surface area contributed by atoms with Gasteiger partial charge in [0, 0.05) is 33.0 Å². The van der Waals surface area contributed by atoms with Crippen LogP contribution < -0.4 is 0 Å². The van der Waals surface area contributed by atoms with E-state index in [4.69, 9.17) is 9.84 Å². The molecule has 0 bridgehead atoms. The van der Waals surface area contributed by atoms with Gasteiger partial charge < -0.3 is 19.5 Å². The summed E-state index contributed by atoms with van der Waals surface area (Å²) in [7, 11) is 2.68. The summed E-state index contributed by atoms with van der Waals surface area (Å²) in [4.78, 5) is 23.6. The summed E-state index contributed by atoms with van der Waals surface area (Å²) in [5.41, 5.74) is -1.15. The number of likely N-dealkylation sites (tertiary alicyclic amines) is 1. The molecule has 15 heavy (non-hydrogen) atoms. The molecule has 1 N–H and O–H groups in total. The molecule has 6 heteroatoms. The van der Waals surface area contributed by atoms with Gasteiger partial charge in [-0.25, -0.2) is 9.59 Å². The van der Waals surface area contributed by atoms with Gasteiger partial charge in [-0.15, -0.1) is 0 Å². The molecule has 1 rings (SSSR count). The van der Waals surface area contributed by atoms with Crippen LogP contribution in [-0.4, -0.2) is 55.0 Å². The van der Waals surface area contributed by atoms with E-state index < -0.39 is 17.7 Å². The summed E-state index contributed by atoms with van der Waals surface area (Å²) in [6.07, 6.45) is 0.145. The molecule has 0 aromatic heterocycles. The molecule has 6 nitrogen and oxygen atoms in total. The van der Waals surface area contributed by atoms with Crippen molar-refractivity contribution in [3.8, 4) is 0 Å². The van der Waals surface area contributed by atoms with Crippen LogP contribution in [0.3, 0.4) is 0 Å². The zero-order chi connectivity index (χ0) is 11.5. The number of carboxylic acid groups (broad SMARTS) is 1. The predicted octanol–water partition coefficient (Wildman–Crippen LogP) is 0.318. The lowest BCUT2D eigenvalue weighted by Crippen LogP contribution is -2.52. The summed E-state index contributed by atoms with van der Waals surface area (Å²) < 4.78 is 9.57. The minimum Gasteiger partial charge on any atom is -0.479 e. The molecule has 0 spiro atoms. The monoisotopic (exact) mass is 217 g/mol. The van der Waals surface area contributed by atoms with E-state index in [-0.39, 0.29) is 12.8 Å². The van der Waals surface area contributed by atoms with Crippen LogP contribution in [0.25, 0.3) is 0 Å². The number of carboxylic acids is 1. The summed E-state index contributed by atoms with van der Waals surface area (Å²) in [5, 5.41) is 9.01. The second kappa shape index (κ2) is 4.48. The van der Waals surface area contributed by atoms with Gasteiger partial charge in [0.25, 0.3) is 0 Å². The molecule has 1 saturated heterocycles. The molecule has 0 aromatic carbocycles. The van der Waals surface area contributed by atoms with Gasteiger partial charge in [-0.1, -0.05) is 0 Å². The van der Waals surface area contributed by atoms with Crippen molar-refractivity contribution < 1.29 is 24.2 Å². The van der Waals surface area contributed by atoms with Crippen LogP contribution in [0.2, 0.25) is 0 Å². The molecule has 0 radical (unpaired) electrons. The summed E-state index contributed by atoms with van der Waals surface area (Å²) in [5.74, 6) is -0.977. The molecule has 1 fully saturated rings. The number of carbonyl (C=O) groups is 2. The summed E-state index contributed by atoms with van der Waals surface area (Å²) in [6.45, 7) is 0.680. The number of methoxy groups -OCH3 is 2. The van der Waals surface area contributed by atoms with E-state index in [1.807, 2.05) is 0 Å². The lowest BCUT2D eigenvalue weighted by atomic mass is 9.91. The molecule has 0 atom stereocenters. The standard InChI is InChI=1S/C9H15NO5/c1-14-8(13)10-5-3-9(15-2,4-6-10)7(11)12/h3-6H2,1-2H3,(H,11,12). The quantitative estimate of drug-likeness (QED) is 0.720. The number of carbonyl (C=O) groups excluding carboxylic acids is 1. The Hall–Kier alpha value is -1.30. The predicted molar refractivity (Wildman–Crippen MR) is 50.6 cm³/mol. The Bertz CT molecular complexity index is 257. The van der Waals surface area contributed by atoms with Crippen LogP contribution in [0, 0.1) is 0 Å². The average molecular weight is 217 g/mol. The zero-order valence-electron chi connectivity index (χ0n) is 8.86. The Kier molecular flexibility index (Phi) is 3.52. The van der Waals surface area contributed by atoms with E-state index >= 15 is 0 Å². The number of amides is 1. The normalized spacial score (nSPS) is 19.7. The Morgan fingerprint density at radius 1 is 1.27 bits per heavy atom. The fourth-order valence-corrected chi connectivity index (χ4v) is 1.68. The highest BCUT2D eigenvalue weighted by Crippen LogP contribution is 2.26. The molecule has 0 aliphatic carbocycles. The summed E-state index contributed by atoms with van der Waals surface area (Å²) in [6, 6.07) is 0. The Balaban J connectivity index is 2.61. The smallest absolute Gasteiger partial charge is 0.409 e. The van der Waals surface area contributed by atoms with Crippen molar-refractivity contribution in [2.24, 2.45) is 0 Å². The highest BCUT2D eigenvalue weighted by molar-refractivity contribution is 5.78. The van der Waals surface area contributed by atoms with Gasteiger partial charge in [-0.2, -0.15) is 0 Å². The van der Waals surface area contributed by atoms with E-state index in [1.165, 1.54) is 19.1 Å². The largest absolute Gasteiger partial charge is 0.479 e. The molecule has 1 aliphatic rings. The van der Waals surface area contributed by atoms with Crippen LogP contribution in [0.15, 0.2) is 0 Å². The second-order valence-corrected chi connectivity index (χ2v) is 3.46. The first-order chi connectivity index (χ1) is 7.05. The third kappa shape index (κ3) is 2.20. The minimum atomic E-state index is -1.15. The number of ether oxygens (including phenoxy) is 2. The number of piperidine rings is 1. The molecule has 86 valence electrons. The Morgan fingerprint density at radius 2 is 1.80 bits per heavy atom. The number of hydrogen-bond donors (Lipinski definition) is 1. The molecule has 1 aliphatic heterocycles. The van der Waals surface area contributed by atoms with E-state index in [0.717, 1.165) is 0 Å². The maximum Gasteiger partial charge on any atom is 0.409 e. The van der Waals surface area contributed by atoms with E-state index in [1.54, 1.807) is 0 Å². The highest BCUT2D eigenvalue weighted by atomic mass is 16.5. The van der Waals surface area contributed by atoms with Gasteiger partial charge in [-0.05, 0) is 0 Å². The lowest BCUT2D eigenvalue weighted by Gasteiger charge is -2.36. The lowest BCUT2D eigenvalue weighted by molar-refractivity contribution is -0.167. The number of rotatable bonds is 2. The van der Waals surface area contributed by atoms with Crippen LogP contribution in [0.5, 0.6) is 0 Å². The first-order valence-corrected chi connectivity index (χ1v) is 4.67. The van der Waals surface area contributed by atoms with Crippen LogP contribution >= 0.6 is 0 Å². The highest BCUT2D eigenvalue weighted by Gasteiger charge is 2.42. The zero-order valence-corrected chi connectivity index (χ0v) is 8.86. The summed E-state index contributed by atoms with van der Waals surface area (Å²) >= 11 is 0. The van der Waals surface area contributed by atoms with E-state index in [2.05, 4.69) is 4.74 Å². The maximum absolute atomic E-state index is 11.2. The third-order valence-corrected chi connectivity index (χ3v) is 2.78. The number of hydrogen-bond acceptors (Lipinski definition) is 4. The van der Waals surface area contributed by atoms with Gasteiger partial charge in [0.05, 0.1) is 7.11 Å². The second-order valence-electron chi connectivity index (χ2n) is 3.46. The van der Waals surface area contributed by atoms with Crippen molar-refractivity contribution in [2.75, 3.05) is 27.3 Å². The van der Waals surface area contributed by atoms with Crippen molar-refractivity contribution in [1.29, 1.82) is 0 Å². The fourth-order valence-electron chi connectivity index (χ4n) is 1.68. The molecule has 0 saturated carbocycles. The Labute approximate surface area is 87.8 Å². The fraction of sp³-hybridized carbons (Fsp3) is 0.778. The van der Waals surface area contributed by atoms with Gasteiger partial charge in [-0.3, -0.25) is 0 Å². The van der Waals surface area contributed by atoms with E-state index in [9.17, 15) is 9.59 Å². The topological polar surface area (TPSA) is 76.1 Å². The molecule has 0 unspecified atom stereocenters. The van der Waals surface area contributed by atoms with E-state index in [0.29, 0.717) is 13.1 Å². The number of aliphatic carboxylic acids is 1. The third-order valence-electron chi connectivity index (χ3n) is 2.78. The first-order valence-electron chi connectivity index (χ1n) is 4.67. The van der Waals surface area contributed by atoms with Crippen molar-refractivity contribution >= 4 is 12.1 Å². The van der Waals surface area contributed by atoms with Gasteiger partial charge in [0.2, 0.25) is 0 Å². The molecular formula is C9H15NO5. The van der Waals surface area contributed by atoms with Crippen LogP contribution in [0.4, 0.5) is 4.79 Å². The van der Waals surface area contributed by atoms with Gasteiger partial charge in [0.1, 0.15) is 0 Å². The SMILES string of the molecule is COC(=O)N1CCC(OC)(C(=O)O)CC1. The van der Waals surface area contributed by atoms with Gasteiger partial charge in [0.15, 0.2) is 5.60 Å². The van der Waals surface area contributed by atoms with Crippen molar-refractivity contribution in [3.63, 3.8) is 0 Å². The van der Waals surface area contributed by atoms with Crippen LogP contribution in [0.1, 0.15) is 12.8 Å². The van der Waals surface area contributed by atoms with Crippen molar-refractivity contribution in [2.45, 2.75) is 18.4 Å². The molecule has 1 heterocycles. The average Bonchev–Trinajstić information content (AvgIpc) is 2.28. The van der Waals surface area contributed by atoms with Crippen molar-refractivity contribution in [1.82, 2.24) is 4.90 Å². The van der Waals surface area contributed by atoms with Gasteiger partial charge >= 0.3 is 12.1 Å². The first kappa shape index (κ1) is 11.8. The Morgan fingerprint density at radius 3 is 2.13 bits per heavy atom. The molecular weight excluding hydrogens is 202 g/mol. The van der Waals surface area contributed by atoms with Crippen LogP contribution in [-0.2, 0) is 14.3 Å². The van der Waals surface area contributed by atoms with Crippen molar-refractivity contribution in [3.05, 3.63) is 0 Å².